The molecule has 5 rings (SSSR count). The Morgan fingerprint density at radius 3 is 2.69 bits per heavy atom. The summed E-state index contributed by atoms with van der Waals surface area (Å²) >= 11 is 7.27. The van der Waals surface area contributed by atoms with Crippen LogP contribution in [0.1, 0.15) is 18.0 Å². The Morgan fingerprint density at radius 2 is 1.93 bits per heavy atom. The van der Waals surface area contributed by atoms with Gasteiger partial charge in [0.1, 0.15) is 11.6 Å². The monoisotopic (exact) mass is 432 g/mol. The van der Waals surface area contributed by atoms with E-state index in [1.165, 1.54) is 17.4 Å². The summed E-state index contributed by atoms with van der Waals surface area (Å²) in [5.41, 5.74) is 1.90. The van der Waals surface area contributed by atoms with Crippen molar-refractivity contribution in [3.05, 3.63) is 70.9 Å². The first-order chi connectivity index (χ1) is 14.0. The Hall–Kier alpha value is -2.55. The molecule has 1 saturated heterocycles. The number of hydrogen-bond acceptors (Lipinski definition) is 5. The predicted octanol–water partition coefficient (Wildman–Crippen LogP) is 4.70. The molecule has 3 heterocycles. The molecule has 1 aliphatic rings. The average Bonchev–Trinajstić information content (AvgIpc) is 3.37. The van der Waals surface area contributed by atoms with Crippen molar-refractivity contribution in [1.29, 1.82) is 0 Å². The smallest absolute Gasteiger partial charge is 0.214 e. The Morgan fingerprint density at radius 1 is 1.14 bits per heavy atom. The van der Waals surface area contributed by atoms with Crippen LogP contribution in [0.4, 0.5) is 13.9 Å². The Kier molecular flexibility index (Phi) is 4.49. The SMILES string of the molecule is OC1CC(c2cc(F)ccc2F)N(c2nn3cc(-c4ccc(Cl)cc4)nc3s2)C1. The number of anilines is 1. The van der Waals surface area contributed by atoms with E-state index in [-0.39, 0.29) is 5.56 Å². The van der Waals surface area contributed by atoms with E-state index in [9.17, 15) is 13.9 Å². The molecule has 5 nitrogen and oxygen atoms in total. The third-order valence-electron chi connectivity index (χ3n) is 5.01. The van der Waals surface area contributed by atoms with Crippen LogP contribution in [0.25, 0.3) is 16.2 Å². The molecule has 1 aliphatic heterocycles. The number of imidazole rings is 1. The number of aliphatic hydroxyl groups excluding tert-OH is 1. The van der Waals surface area contributed by atoms with Crippen LogP contribution in [-0.4, -0.2) is 32.4 Å². The fourth-order valence-electron chi connectivity index (χ4n) is 3.66. The van der Waals surface area contributed by atoms with E-state index in [4.69, 9.17) is 11.6 Å². The molecule has 2 atom stereocenters. The molecule has 148 valence electrons. The molecule has 29 heavy (non-hydrogen) atoms. The Labute approximate surface area is 173 Å². The van der Waals surface area contributed by atoms with Crippen LogP contribution in [0, 0.1) is 11.6 Å². The molecule has 9 heteroatoms. The molecule has 0 amide bonds. The van der Waals surface area contributed by atoms with Crippen molar-refractivity contribution in [1.82, 2.24) is 14.6 Å². The van der Waals surface area contributed by atoms with Gasteiger partial charge in [-0.2, -0.15) is 0 Å². The number of nitrogens with zero attached hydrogens (tertiary/aromatic N) is 4. The van der Waals surface area contributed by atoms with Crippen molar-refractivity contribution in [3.63, 3.8) is 0 Å². The van der Waals surface area contributed by atoms with Gasteiger partial charge >= 0.3 is 0 Å². The second kappa shape index (κ2) is 7.05. The van der Waals surface area contributed by atoms with Crippen LogP contribution < -0.4 is 4.90 Å². The van der Waals surface area contributed by atoms with Crippen LogP contribution in [0.15, 0.2) is 48.7 Å². The third-order valence-corrected chi connectivity index (χ3v) is 6.23. The minimum atomic E-state index is -0.650. The van der Waals surface area contributed by atoms with Crippen molar-refractivity contribution in [3.8, 4) is 11.3 Å². The van der Waals surface area contributed by atoms with E-state index in [1.807, 2.05) is 23.2 Å². The second-order valence-electron chi connectivity index (χ2n) is 6.97. The van der Waals surface area contributed by atoms with E-state index in [2.05, 4.69) is 10.1 Å². The van der Waals surface area contributed by atoms with Crippen molar-refractivity contribution in [2.75, 3.05) is 11.4 Å². The zero-order valence-electron chi connectivity index (χ0n) is 15.0. The fraction of sp³-hybridized carbons (Fsp3) is 0.200. The molecule has 2 aromatic heterocycles. The van der Waals surface area contributed by atoms with Crippen LogP contribution in [0.5, 0.6) is 0 Å². The number of aromatic nitrogens is 3. The highest BCUT2D eigenvalue weighted by atomic mass is 35.5. The molecule has 1 N–H and O–H groups in total. The highest BCUT2D eigenvalue weighted by molar-refractivity contribution is 7.20. The molecule has 2 aromatic carbocycles. The lowest BCUT2D eigenvalue weighted by molar-refractivity contribution is 0.194. The van der Waals surface area contributed by atoms with E-state index >= 15 is 0 Å². The van der Waals surface area contributed by atoms with Gasteiger partial charge in [0.2, 0.25) is 10.1 Å². The topological polar surface area (TPSA) is 53.7 Å². The van der Waals surface area contributed by atoms with Gasteiger partial charge in [0.25, 0.3) is 0 Å². The van der Waals surface area contributed by atoms with Gasteiger partial charge in [0.15, 0.2) is 0 Å². The first-order valence-electron chi connectivity index (χ1n) is 9.00. The number of aliphatic hydroxyl groups is 1. The summed E-state index contributed by atoms with van der Waals surface area (Å²) in [5, 5.41) is 16.0. The summed E-state index contributed by atoms with van der Waals surface area (Å²) in [7, 11) is 0. The minimum absolute atomic E-state index is 0.219. The zero-order chi connectivity index (χ0) is 20.1. The van der Waals surface area contributed by atoms with Gasteiger partial charge in [-0.1, -0.05) is 35.1 Å². The molecule has 1 fully saturated rings. The minimum Gasteiger partial charge on any atom is -0.391 e. The fourth-order valence-corrected chi connectivity index (χ4v) is 4.72. The maximum atomic E-state index is 14.3. The second-order valence-corrected chi connectivity index (χ2v) is 8.34. The van der Waals surface area contributed by atoms with E-state index in [0.29, 0.717) is 28.1 Å². The van der Waals surface area contributed by atoms with Crippen molar-refractivity contribution in [2.45, 2.75) is 18.6 Å². The quantitative estimate of drug-likeness (QED) is 0.509. The van der Waals surface area contributed by atoms with Gasteiger partial charge < -0.3 is 10.0 Å². The number of fused-ring (bicyclic) bond motifs is 1. The number of halogens is 3. The van der Waals surface area contributed by atoms with Crippen molar-refractivity contribution < 1.29 is 13.9 Å². The first kappa shape index (κ1) is 18.5. The number of hydrogen-bond donors (Lipinski definition) is 1. The van der Waals surface area contributed by atoms with Crippen LogP contribution >= 0.6 is 22.9 Å². The summed E-state index contributed by atoms with van der Waals surface area (Å²) in [6.45, 7) is 0.293. The molecule has 0 bridgehead atoms. The van der Waals surface area contributed by atoms with E-state index in [0.717, 1.165) is 23.4 Å². The maximum absolute atomic E-state index is 14.3. The molecule has 0 radical (unpaired) electrons. The molecule has 0 saturated carbocycles. The molecule has 4 aromatic rings. The molecule has 0 aliphatic carbocycles. The Balaban J connectivity index is 1.49. The Bertz CT molecular complexity index is 1160. The number of β-amino-alcohol motifs (C(OH)–C–C–N with tert-alkyl or cyclic N) is 1. The summed E-state index contributed by atoms with van der Waals surface area (Å²) < 4.78 is 29.7. The maximum Gasteiger partial charge on any atom is 0.214 e. The zero-order valence-corrected chi connectivity index (χ0v) is 16.5. The molecule has 0 spiro atoms. The summed E-state index contributed by atoms with van der Waals surface area (Å²) in [6.07, 6.45) is 1.46. The van der Waals surface area contributed by atoms with Crippen molar-refractivity contribution >= 4 is 33.0 Å². The predicted molar refractivity (Wildman–Crippen MR) is 108 cm³/mol. The van der Waals surface area contributed by atoms with Gasteiger partial charge in [-0.15, -0.1) is 5.10 Å². The lowest BCUT2D eigenvalue weighted by atomic mass is 10.0. The highest BCUT2D eigenvalue weighted by Gasteiger charge is 2.36. The lowest BCUT2D eigenvalue weighted by Crippen LogP contribution is -2.25. The van der Waals surface area contributed by atoms with Crippen LogP contribution in [0.3, 0.4) is 0 Å². The normalized spacial score (nSPS) is 19.4. The van der Waals surface area contributed by atoms with Crippen molar-refractivity contribution in [2.24, 2.45) is 0 Å². The average molecular weight is 433 g/mol. The van der Waals surface area contributed by atoms with Crippen LogP contribution in [-0.2, 0) is 0 Å². The van der Waals surface area contributed by atoms with Gasteiger partial charge in [0.05, 0.1) is 24.0 Å². The van der Waals surface area contributed by atoms with Gasteiger partial charge in [-0.3, -0.25) is 0 Å². The first-order valence-corrected chi connectivity index (χ1v) is 10.2. The van der Waals surface area contributed by atoms with E-state index < -0.39 is 23.8 Å². The summed E-state index contributed by atoms with van der Waals surface area (Å²) in [4.78, 5) is 7.09. The van der Waals surface area contributed by atoms with Gasteiger partial charge in [0, 0.05) is 22.7 Å². The van der Waals surface area contributed by atoms with Gasteiger partial charge in [-0.25, -0.2) is 18.3 Å². The summed E-state index contributed by atoms with van der Waals surface area (Å²) in [6, 6.07) is 10.3. The highest BCUT2D eigenvalue weighted by Crippen LogP contribution is 2.39. The third kappa shape index (κ3) is 3.37. The lowest BCUT2D eigenvalue weighted by Gasteiger charge is -2.23. The summed E-state index contributed by atoms with van der Waals surface area (Å²) in [5.74, 6) is -1.01. The molecule has 2 unspecified atom stereocenters. The largest absolute Gasteiger partial charge is 0.391 e. The standard InChI is InChI=1S/C20H15ClF2N4OS/c21-12-3-1-11(2-4-12)17-10-27-19(24-17)29-20(25-27)26-9-14(28)8-18(26)15-7-13(22)5-6-16(15)23/h1-7,10,14,18,28H,8-9H2. The number of benzene rings is 2. The van der Waals surface area contributed by atoms with Crippen LogP contribution in [0.2, 0.25) is 5.02 Å². The molecular weight excluding hydrogens is 418 g/mol. The molecular formula is C20H15ClF2N4OS. The van der Waals surface area contributed by atoms with Gasteiger partial charge in [-0.05, 0) is 36.8 Å². The van der Waals surface area contributed by atoms with E-state index in [1.54, 1.807) is 16.6 Å². The number of rotatable bonds is 3.